The van der Waals surface area contributed by atoms with Gasteiger partial charge in [0.05, 0.1) is 11.2 Å². The topological polar surface area (TPSA) is 115 Å². The Morgan fingerprint density at radius 1 is 1.29 bits per heavy atom. The number of amides is 1. The van der Waals surface area contributed by atoms with E-state index in [0.717, 1.165) is 11.3 Å². The fraction of sp³-hybridized carbons (Fsp3) is 0.0714. The molecular weight excluding hydrogens is 352 g/mol. The van der Waals surface area contributed by atoms with E-state index < -0.39 is 15.9 Å². The van der Waals surface area contributed by atoms with Gasteiger partial charge in [0.25, 0.3) is 15.9 Å². The van der Waals surface area contributed by atoms with Gasteiger partial charge >= 0.3 is 0 Å². The van der Waals surface area contributed by atoms with Gasteiger partial charge in [-0.3, -0.25) is 19.7 Å². The van der Waals surface area contributed by atoms with Crippen molar-refractivity contribution in [3.05, 3.63) is 47.5 Å². The van der Waals surface area contributed by atoms with Crippen molar-refractivity contribution >= 4 is 43.9 Å². The summed E-state index contributed by atoms with van der Waals surface area (Å²) >= 11 is 1.13. The molecule has 0 aliphatic heterocycles. The molecular formula is C14H14N4O4S2. The number of carbonyl (C=O) groups is 1. The normalized spacial score (nSPS) is 11.6. The highest BCUT2D eigenvalue weighted by molar-refractivity contribution is 7.94. The number of sulfonamides is 1. The third kappa shape index (κ3) is 2.76. The van der Waals surface area contributed by atoms with Crippen LogP contribution in [-0.4, -0.2) is 31.6 Å². The monoisotopic (exact) mass is 366 g/mol. The Morgan fingerprint density at radius 3 is 2.75 bits per heavy atom. The second-order valence-corrected chi connectivity index (χ2v) is 8.04. The number of rotatable bonds is 5. The summed E-state index contributed by atoms with van der Waals surface area (Å²) in [5.74, 6) is -0.580. The van der Waals surface area contributed by atoms with Crippen LogP contribution in [0.15, 0.2) is 46.0 Å². The van der Waals surface area contributed by atoms with Crippen molar-refractivity contribution in [2.24, 2.45) is 0 Å². The maximum absolute atomic E-state index is 12.7. The van der Waals surface area contributed by atoms with E-state index in [4.69, 9.17) is 5.21 Å². The molecule has 0 unspecified atom stereocenters. The predicted octanol–water partition coefficient (Wildman–Crippen LogP) is 1.68. The molecule has 0 atom stereocenters. The molecule has 2 aromatic heterocycles. The molecule has 0 bridgehead atoms. The number of aromatic nitrogens is 1. The van der Waals surface area contributed by atoms with Crippen LogP contribution in [0.1, 0.15) is 10.5 Å². The maximum atomic E-state index is 12.7. The highest BCUT2D eigenvalue weighted by Crippen LogP contribution is 2.31. The van der Waals surface area contributed by atoms with Crippen LogP contribution in [0.5, 0.6) is 0 Å². The van der Waals surface area contributed by atoms with E-state index in [1.807, 2.05) is 5.43 Å². The fourth-order valence-electron chi connectivity index (χ4n) is 2.32. The number of hydrazine groups is 1. The van der Waals surface area contributed by atoms with E-state index in [2.05, 4.69) is 4.98 Å². The van der Waals surface area contributed by atoms with Gasteiger partial charge in [0.2, 0.25) is 0 Å². The quantitative estimate of drug-likeness (QED) is 0.513. The van der Waals surface area contributed by atoms with Gasteiger partial charge in [0.15, 0.2) is 0 Å². The Bertz CT molecular complexity index is 980. The Balaban J connectivity index is 2.08. The molecule has 10 heteroatoms. The van der Waals surface area contributed by atoms with Gasteiger partial charge in [-0.25, -0.2) is 8.42 Å². The first-order valence-corrected chi connectivity index (χ1v) is 9.10. The van der Waals surface area contributed by atoms with Gasteiger partial charge in [-0.2, -0.15) is 0 Å². The number of carbonyl (C=O) groups excluding carboxylic acids is 1. The summed E-state index contributed by atoms with van der Waals surface area (Å²) in [6.07, 6.45) is 0. The number of hydrogen-bond acceptors (Lipinski definition) is 6. The number of nitrogens with one attached hydrogen (secondary N) is 3. The fourth-order valence-corrected chi connectivity index (χ4v) is 4.69. The van der Waals surface area contributed by atoms with Gasteiger partial charge in [-0.1, -0.05) is 18.2 Å². The summed E-state index contributed by atoms with van der Waals surface area (Å²) in [6, 6.07) is 9.89. The van der Waals surface area contributed by atoms with Crippen molar-refractivity contribution < 1.29 is 18.4 Å². The standard InChI is InChI=1S/C14H14N4O4S2/c1-18(24(21,22)12-6-3-7-23-12)11-5-2-4-9-8-10(15-13(9)11)14(19)16-17-20/h2-8,15,17,20H,1H3,(H,16,19). The Labute approximate surface area is 141 Å². The van der Waals surface area contributed by atoms with E-state index in [0.29, 0.717) is 16.6 Å². The van der Waals surface area contributed by atoms with Gasteiger partial charge in [-0.15, -0.1) is 16.9 Å². The number of nitrogens with zero attached hydrogens (tertiary/aromatic N) is 1. The van der Waals surface area contributed by atoms with E-state index >= 15 is 0 Å². The first kappa shape index (κ1) is 16.5. The molecule has 126 valence electrons. The molecule has 0 saturated heterocycles. The lowest BCUT2D eigenvalue weighted by Gasteiger charge is -2.19. The first-order chi connectivity index (χ1) is 11.4. The maximum Gasteiger partial charge on any atom is 0.283 e. The van der Waals surface area contributed by atoms with Crippen LogP contribution in [0.25, 0.3) is 10.9 Å². The molecule has 24 heavy (non-hydrogen) atoms. The molecule has 2 heterocycles. The zero-order chi connectivity index (χ0) is 17.3. The van der Waals surface area contributed by atoms with Gasteiger partial charge in [-0.05, 0) is 23.6 Å². The van der Waals surface area contributed by atoms with E-state index in [1.54, 1.807) is 41.3 Å². The zero-order valence-corrected chi connectivity index (χ0v) is 14.1. The van der Waals surface area contributed by atoms with E-state index in [1.165, 1.54) is 17.4 Å². The lowest BCUT2D eigenvalue weighted by molar-refractivity contribution is 0.0727. The summed E-state index contributed by atoms with van der Waals surface area (Å²) < 4.78 is 26.8. The zero-order valence-electron chi connectivity index (χ0n) is 12.5. The molecule has 0 radical (unpaired) electrons. The number of para-hydroxylation sites is 1. The second-order valence-electron chi connectivity index (χ2n) is 4.89. The van der Waals surface area contributed by atoms with Gasteiger partial charge < -0.3 is 4.98 Å². The number of thiophene rings is 1. The average Bonchev–Trinajstić information content (AvgIpc) is 3.23. The minimum Gasteiger partial charge on any atom is -0.349 e. The smallest absolute Gasteiger partial charge is 0.283 e. The highest BCUT2D eigenvalue weighted by atomic mass is 32.2. The summed E-state index contributed by atoms with van der Waals surface area (Å²) in [7, 11) is -2.22. The minimum atomic E-state index is -3.68. The van der Waals surface area contributed by atoms with Crippen LogP contribution in [0, 0.1) is 0 Å². The molecule has 1 aromatic carbocycles. The number of H-pyrrole nitrogens is 1. The van der Waals surface area contributed by atoms with Crippen LogP contribution < -0.4 is 15.3 Å². The molecule has 0 saturated carbocycles. The number of anilines is 1. The van der Waals surface area contributed by atoms with Crippen molar-refractivity contribution in [3.63, 3.8) is 0 Å². The lowest BCUT2D eigenvalue weighted by atomic mass is 10.2. The SMILES string of the molecule is CN(c1cccc2cc(C(=O)NNO)[nH]c12)S(=O)(=O)c1cccs1. The summed E-state index contributed by atoms with van der Waals surface area (Å²) in [4.78, 5) is 14.7. The summed E-state index contributed by atoms with van der Waals surface area (Å²) in [6.45, 7) is 0. The van der Waals surface area contributed by atoms with Gasteiger partial charge in [0, 0.05) is 12.4 Å². The first-order valence-electron chi connectivity index (χ1n) is 6.79. The third-order valence-electron chi connectivity index (χ3n) is 3.50. The second kappa shape index (κ2) is 6.24. The molecule has 8 nitrogen and oxygen atoms in total. The molecule has 4 N–H and O–H groups in total. The largest absolute Gasteiger partial charge is 0.349 e. The predicted molar refractivity (Wildman–Crippen MR) is 90.6 cm³/mol. The van der Waals surface area contributed by atoms with Crippen LogP contribution in [0.4, 0.5) is 5.69 Å². The number of aromatic amines is 1. The van der Waals surface area contributed by atoms with Crippen molar-refractivity contribution in [1.29, 1.82) is 0 Å². The third-order valence-corrected chi connectivity index (χ3v) is 6.64. The Morgan fingerprint density at radius 2 is 2.08 bits per heavy atom. The molecule has 3 aromatic rings. The highest BCUT2D eigenvalue weighted by Gasteiger charge is 2.24. The van der Waals surface area contributed by atoms with Crippen LogP contribution in [0.3, 0.4) is 0 Å². The van der Waals surface area contributed by atoms with Crippen molar-refractivity contribution in [2.45, 2.75) is 4.21 Å². The van der Waals surface area contributed by atoms with Crippen LogP contribution in [0.2, 0.25) is 0 Å². The molecule has 0 fully saturated rings. The summed E-state index contributed by atoms with van der Waals surface area (Å²) in [5, 5.41) is 10.9. The molecule has 0 spiro atoms. The van der Waals surface area contributed by atoms with Crippen molar-refractivity contribution in [3.8, 4) is 0 Å². The Hall–Kier alpha value is -2.40. The molecule has 3 rings (SSSR count). The molecule has 0 aliphatic carbocycles. The number of benzene rings is 1. The minimum absolute atomic E-state index is 0.181. The van der Waals surface area contributed by atoms with Crippen molar-refractivity contribution in [1.82, 2.24) is 16.0 Å². The average molecular weight is 366 g/mol. The van der Waals surface area contributed by atoms with E-state index in [9.17, 15) is 13.2 Å². The number of hydrogen-bond donors (Lipinski definition) is 4. The Kier molecular flexibility index (Phi) is 4.28. The summed E-state index contributed by atoms with van der Waals surface area (Å²) in [5.41, 5.74) is 4.69. The molecule has 1 amide bonds. The molecule has 0 aliphatic rings. The lowest BCUT2D eigenvalue weighted by Crippen LogP contribution is -2.34. The van der Waals surface area contributed by atoms with E-state index in [-0.39, 0.29) is 9.90 Å². The van der Waals surface area contributed by atoms with Crippen LogP contribution >= 0.6 is 11.3 Å². The van der Waals surface area contributed by atoms with Crippen LogP contribution in [-0.2, 0) is 10.0 Å². The number of fused-ring (bicyclic) bond motifs is 1. The van der Waals surface area contributed by atoms with Crippen molar-refractivity contribution in [2.75, 3.05) is 11.4 Å². The van der Waals surface area contributed by atoms with Gasteiger partial charge in [0.1, 0.15) is 9.90 Å².